The van der Waals surface area contributed by atoms with Gasteiger partial charge in [0.2, 0.25) is 0 Å². The van der Waals surface area contributed by atoms with Gasteiger partial charge in [0.25, 0.3) is 0 Å². The highest BCUT2D eigenvalue weighted by Crippen LogP contribution is 2.34. The van der Waals surface area contributed by atoms with Crippen LogP contribution >= 0.6 is 11.6 Å². The molecule has 2 N–H and O–H groups in total. The predicted molar refractivity (Wildman–Crippen MR) is 83.4 cm³/mol. The van der Waals surface area contributed by atoms with Crippen molar-refractivity contribution in [3.05, 3.63) is 71.2 Å². The van der Waals surface area contributed by atoms with E-state index in [1.807, 2.05) is 54.6 Å². The van der Waals surface area contributed by atoms with Crippen LogP contribution in [0.3, 0.4) is 0 Å². The summed E-state index contributed by atoms with van der Waals surface area (Å²) in [6, 6.07) is 19.5. The molecule has 0 amide bonds. The molecule has 20 heavy (non-hydrogen) atoms. The Balaban J connectivity index is 2.11. The summed E-state index contributed by atoms with van der Waals surface area (Å²) < 4.78 is 5.95. The smallest absolute Gasteiger partial charge is 0.146 e. The lowest BCUT2D eigenvalue weighted by Crippen LogP contribution is -1.98. The molecule has 0 fully saturated rings. The van der Waals surface area contributed by atoms with Crippen LogP contribution in [0.2, 0.25) is 5.02 Å². The molecule has 0 unspecified atom stereocenters. The van der Waals surface area contributed by atoms with Crippen LogP contribution in [0.25, 0.3) is 10.8 Å². The minimum atomic E-state index is 0.507. The third-order valence-corrected chi connectivity index (χ3v) is 3.56. The molecule has 0 aliphatic carbocycles. The van der Waals surface area contributed by atoms with Gasteiger partial charge >= 0.3 is 0 Å². The first kappa shape index (κ1) is 13.0. The van der Waals surface area contributed by atoms with Crippen LogP contribution in [-0.2, 0) is 6.54 Å². The first-order chi connectivity index (χ1) is 9.79. The number of halogens is 1. The van der Waals surface area contributed by atoms with Gasteiger partial charge in [0.1, 0.15) is 11.5 Å². The quantitative estimate of drug-likeness (QED) is 0.753. The molecule has 3 heteroatoms. The van der Waals surface area contributed by atoms with Crippen molar-refractivity contribution < 1.29 is 4.74 Å². The molecule has 0 aliphatic rings. The Bertz CT molecular complexity index is 755. The summed E-state index contributed by atoms with van der Waals surface area (Å²) in [5.41, 5.74) is 6.88. The highest BCUT2D eigenvalue weighted by Gasteiger charge is 2.08. The second kappa shape index (κ2) is 5.53. The second-order valence-electron chi connectivity index (χ2n) is 4.51. The average Bonchev–Trinajstić information content (AvgIpc) is 2.50. The minimum absolute atomic E-state index is 0.507. The molecule has 0 saturated heterocycles. The Labute approximate surface area is 122 Å². The van der Waals surface area contributed by atoms with E-state index in [-0.39, 0.29) is 0 Å². The number of hydrogen-bond acceptors (Lipinski definition) is 2. The summed E-state index contributed by atoms with van der Waals surface area (Å²) >= 11 is 6.14. The van der Waals surface area contributed by atoms with Gasteiger partial charge in [-0.25, -0.2) is 0 Å². The van der Waals surface area contributed by atoms with E-state index in [9.17, 15) is 0 Å². The Morgan fingerprint density at radius 3 is 2.25 bits per heavy atom. The van der Waals surface area contributed by atoms with Crippen molar-refractivity contribution in [3.8, 4) is 11.5 Å². The maximum atomic E-state index is 6.14. The van der Waals surface area contributed by atoms with Gasteiger partial charge in [-0.3, -0.25) is 0 Å². The van der Waals surface area contributed by atoms with Crippen LogP contribution in [0, 0.1) is 0 Å². The minimum Gasteiger partial charge on any atom is -0.455 e. The molecule has 2 nitrogen and oxygen atoms in total. The molecule has 3 rings (SSSR count). The normalized spacial score (nSPS) is 10.7. The highest BCUT2D eigenvalue weighted by molar-refractivity contribution is 6.32. The van der Waals surface area contributed by atoms with Gasteiger partial charge in [0.15, 0.2) is 0 Å². The van der Waals surface area contributed by atoms with Crippen molar-refractivity contribution >= 4 is 22.4 Å². The van der Waals surface area contributed by atoms with Gasteiger partial charge in [-0.05, 0) is 29.1 Å². The molecule has 0 heterocycles. The molecule has 0 atom stereocenters. The topological polar surface area (TPSA) is 35.2 Å². The number of nitrogens with two attached hydrogens (primary N) is 1. The van der Waals surface area contributed by atoms with E-state index in [0.29, 0.717) is 17.3 Å². The highest BCUT2D eigenvalue weighted by atomic mass is 35.5. The van der Waals surface area contributed by atoms with Crippen LogP contribution in [0.1, 0.15) is 5.56 Å². The molecule has 3 aromatic carbocycles. The number of benzene rings is 3. The first-order valence-corrected chi connectivity index (χ1v) is 6.80. The fraction of sp³-hybridized carbons (Fsp3) is 0.0588. The van der Waals surface area contributed by atoms with Gasteiger partial charge in [0.05, 0.1) is 5.02 Å². The fourth-order valence-corrected chi connectivity index (χ4v) is 2.42. The first-order valence-electron chi connectivity index (χ1n) is 6.42. The summed E-state index contributed by atoms with van der Waals surface area (Å²) in [5.74, 6) is 1.44. The lowest BCUT2D eigenvalue weighted by molar-refractivity contribution is 0.488. The number of rotatable bonds is 3. The van der Waals surface area contributed by atoms with Crippen molar-refractivity contribution in [1.82, 2.24) is 0 Å². The Hall–Kier alpha value is -2.03. The Morgan fingerprint density at radius 1 is 0.800 bits per heavy atom. The summed E-state index contributed by atoms with van der Waals surface area (Å²) in [6.07, 6.45) is 0. The van der Waals surface area contributed by atoms with E-state index in [1.165, 1.54) is 0 Å². The molecule has 0 saturated carbocycles. The number of para-hydroxylation sites is 1. The maximum Gasteiger partial charge on any atom is 0.146 e. The van der Waals surface area contributed by atoms with E-state index >= 15 is 0 Å². The van der Waals surface area contributed by atoms with Crippen LogP contribution in [-0.4, -0.2) is 0 Å². The van der Waals surface area contributed by atoms with E-state index in [1.54, 1.807) is 0 Å². The third kappa shape index (κ3) is 2.36. The summed E-state index contributed by atoms with van der Waals surface area (Å²) in [4.78, 5) is 0. The van der Waals surface area contributed by atoms with Gasteiger partial charge in [-0.1, -0.05) is 54.1 Å². The maximum absolute atomic E-state index is 6.14. The van der Waals surface area contributed by atoms with Crippen molar-refractivity contribution in [3.63, 3.8) is 0 Å². The second-order valence-corrected chi connectivity index (χ2v) is 4.91. The van der Waals surface area contributed by atoms with Gasteiger partial charge in [-0.2, -0.15) is 0 Å². The zero-order chi connectivity index (χ0) is 13.9. The third-order valence-electron chi connectivity index (χ3n) is 3.25. The average molecular weight is 284 g/mol. The fourth-order valence-electron chi connectivity index (χ4n) is 2.25. The molecule has 0 bridgehead atoms. The lowest BCUT2D eigenvalue weighted by atomic mass is 10.0. The lowest BCUT2D eigenvalue weighted by Gasteiger charge is -2.12. The SMILES string of the molecule is NCc1ccc(Oc2ccccc2Cl)c2ccccc12. The van der Waals surface area contributed by atoms with Crippen LogP contribution in [0.5, 0.6) is 11.5 Å². The number of fused-ring (bicyclic) bond motifs is 1. The molecule has 0 spiro atoms. The van der Waals surface area contributed by atoms with E-state index in [0.717, 1.165) is 22.1 Å². The van der Waals surface area contributed by atoms with Gasteiger partial charge < -0.3 is 10.5 Å². The van der Waals surface area contributed by atoms with Gasteiger partial charge in [-0.15, -0.1) is 0 Å². The number of hydrogen-bond donors (Lipinski definition) is 1. The molecular weight excluding hydrogens is 270 g/mol. The largest absolute Gasteiger partial charge is 0.455 e. The van der Waals surface area contributed by atoms with Gasteiger partial charge in [0, 0.05) is 11.9 Å². The Morgan fingerprint density at radius 2 is 1.50 bits per heavy atom. The molecule has 0 aliphatic heterocycles. The number of ether oxygens (including phenoxy) is 1. The summed E-state index contributed by atoms with van der Waals surface area (Å²) in [5, 5.41) is 2.74. The predicted octanol–water partition coefficient (Wildman–Crippen LogP) is 4.74. The zero-order valence-corrected chi connectivity index (χ0v) is 11.6. The van der Waals surface area contributed by atoms with Crippen LogP contribution in [0.15, 0.2) is 60.7 Å². The molecule has 0 radical (unpaired) electrons. The standard InChI is InChI=1S/C17H14ClNO/c18-15-7-3-4-8-17(15)20-16-10-9-12(11-19)13-5-1-2-6-14(13)16/h1-10H,11,19H2. The Kier molecular flexibility index (Phi) is 3.59. The monoisotopic (exact) mass is 283 g/mol. The van der Waals surface area contributed by atoms with Crippen LogP contribution in [0.4, 0.5) is 0 Å². The molecule has 0 aromatic heterocycles. The molecule has 3 aromatic rings. The molecule has 100 valence electrons. The van der Waals surface area contributed by atoms with Crippen molar-refractivity contribution in [1.29, 1.82) is 0 Å². The van der Waals surface area contributed by atoms with Crippen LogP contribution < -0.4 is 10.5 Å². The van der Waals surface area contributed by atoms with E-state index in [2.05, 4.69) is 6.07 Å². The summed E-state index contributed by atoms with van der Waals surface area (Å²) in [7, 11) is 0. The van der Waals surface area contributed by atoms with Crippen molar-refractivity contribution in [2.24, 2.45) is 5.73 Å². The van der Waals surface area contributed by atoms with E-state index < -0.39 is 0 Å². The van der Waals surface area contributed by atoms with Crippen molar-refractivity contribution in [2.45, 2.75) is 6.54 Å². The van der Waals surface area contributed by atoms with Crippen molar-refractivity contribution in [2.75, 3.05) is 0 Å². The van der Waals surface area contributed by atoms with E-state index in [4.69, 9.17) is 22.1 Å². The molecular formula is C17H14ClNO. The summed E-state index contributed by atoms with van der Waals surface area (Å²) in [6.45, 7) is 0.507. The zero-order valence-electron chi connectivity index (χ0n) is 10.8.